The van der Waals surface area contributed by atoms with Crippen molar-refractivity contribution in [3.8, 4) is 0 Å². The fourth-order valence-corrected chi connectivity index (χ4v) is 0.999. The topological polar surface area (TPSA) is 63.3 Å². The van der Waals surface area contributed by atoms with Gasteiger partial charge in [0.05, 0.1) is 16.8 Å². The fraction of sp³-hybridized carbons (Fsp3) is 0.125. The van der Waals surface area contributed by atoms with E-state index in [-0.39, 0.29) is 12.4 Å². The molecule has 0 saturated heterocycles. The first-order chi connectivity index (χ1) is 6.34. The minimum atomic E-state index is -4.63. The number of alkyl halides is 3. The van der Waals surface area contributed by atoms with E-state index in [9.17, 15) is 18.0 Å². The van der Waals surface area contributed by atoms with Gasteiger partial charge in [-0.15, -0.1) is 12.4 Å². The number of benzene rings is 1. The molecule has 0 fully saturated rings. The van der Waals surface area contributed by atoms with Gasteiger partial charge in [0.25, 0.3) is 0 Å². The number of para-hydroxylation sites is 1. The molecule has 0 heterocycles. The van der Waals surface area contributed by atoms with E-state index in [1.165, 1.54) is 0 Å². The molecule has 3 nitrogen and oxygen atoms in total. The van der Waals surface area contributed by atoms with Crippen LogP contribution in [0.5, 0.6) is 0 Å². The molecular formula is C8H7ClF3NO2. The smallest absolute Gasteiger partial charge is 0.418 e. The van der Waals surface area contributed by atoms with E-state index in [2.05, 4.69) is 0 Å². The van der Waals surface area contributed by atoms with Crippen LogP contribution in [0.15, 0.2) is 18.2 Å². The number of anilines is 1. The van der Waals surface area contributed by atoms with Gasteiger partial charge in [0.1, 0.15) is 0 Å². The second kappa shape index (κ2) is 4.39. The number of hydrogen-bond acceptors (Lipinski definition) is 2. The predicted molar refractivity (Wildman–Crippen MR) is 50.1 cm³/mol. The van der Waals surface area contributed by atoms with Gasteiger partial charge in [0, 0.05) is 0 Å². The first-order valence-corrected chi connectivity index (χ1v) is 3.53. The molecule has 0 saturated carbocycles. The predicted octanol–water partition coefficient (Wildman–Crippen LogP) is 2.41. The molecule has 0 unspecified atom stereocenters. The minimum absolute atomic E-state index is 0. The second-order valence-electron chi connectivity index (χ2n) is 2.57. The van der Waals surface area contributed by atoms with Gasteiger partial charge in [0.15, 0.2) is 0 Å². The molecule has 3 N–H and O–H groups in total. The van der Waals surface area contributed by atoms with E-state index in [4.69, 9.17) is 10.8 Å². The average molecular weight is 242 g/mol. The molecule has 0 aliphatic carbocycles. The third kappa shape index (κ3) is 2.76. The summed E-state index contributed by atoms with van der Waals surface area (Å²) in [6.07, 6.45) is -4.63. The lowest BCUT2D eigenvalue weighted by Crippen LogP contribution is -2.12. The zero-order valence-corrected chi connectivity index (χ0v) is 8.02. The van der Waals surface area contributed by atoms with Crippen LogP contribution in [0.3, 0.4) is 0 Å². The van der Waals surface area contributed by atoms with Crippen molar-refractivity contribution >= 4 is 24.1 Å². The number of aromatic carboxylic acids is 1. The van der Waals surface area contributed by atoms with E-state index < -0.39 is 29.0 Å². The third-order valence-corrected chi connectivity index (χ3v) is 1.64. The van der Waals surface area contributed by atoms with Gasteiger partial charge >= 0.3 is 12.1 Å². The summed E-state index contributed by atoms with van der Waals surface area (Å²) in [6, 6.07) is 2.76. The van der Waals surface area contributed by atoms with Crippen molar-refractivity contribution in [2.24, 2.45) is 0 Å². The van der Waals surface area contributed by atoms with Crippen LogP contribution in [0.2, 0.25) is 0 Å². The Hall–Kier alpha value is -1.43. The Labute approximate surface area is 89.1 Å². The molecule has 1 aromatic rings. The molecule has 1 rings (SSSR count). The van der Waals surface area contributed by atoms with Gasteiger partial charge in [-0.1, -0.05) is 6.07 Å². The maximum absolute atomic E-state index is 12.2. The average Bonchev–Trinajstić information content (AvgIpc) is 2.01. The molecule has 1 aromatic carbocycles. The Morgan fingerprint density at radius 1 is 1.33 bits per heavy atom. The standard InChI is InChI=1S/C8H6F3NO2.ClH/c9-8(10,11)5-3-1-2-4(6(5)12)7(13)14;/h1-3H,12H2,(H,13,14);1H. The summed E-state index contributed by atoms with van der Waals surface area (Å²) < 4.78 is 36.7. The van der Waals surface area contributed by atoms with Crippen LogP contribution >= 0.6 is 12.4 Å². The van der Waals surface area contributed by atoms with Crippen LogP contribution in [-0.4, -0.2) is 11.1 Å². The Morgan fingerprint density at radius 2 is 1.87 bits per heavy atom. The molecule has 15 heavy (non-hydrogen) atoms. The molecule has 0 aliphatic rings. The SMILES string of the molecule is Cl.Nc1c(C(=O)O)cccc1C(F)(F)F. The maximum Gasteiger partial charge on any atom is 0.418 e. The molecule has 84 valence electrons. The van der Waals surface area contributed by atoms with E-state index in [0.29, 0.717) is 0 Å². The van der Waals surface area contributed by atoms with E-state index in [1.54, 1.807) is 0 Å². The Kier molecular flexibility index (Phi) is 3.97. The minimum Gasteiger partial charge on any atom is -0.478 e. The molecule has 0 radical (unpaired) electrons. The molecular weight excluding hydrogens is 235 g/mol. The zero-order valence-electron chi connectivity index (χ0n) is 7.21. The Bertz CT molecular complexity index is 379. The van der Waals surface area contributed by atoms with E-state index >= 15 is 0 Å². The molecule has 0 amide bonds. The van der Waals surface area contributed by atoms with E-state index in [0.717, 1.165) is 18.2 Å². The van der Waals surface area contributed by atoms with Gasteiger partial charge < -0.3 is 10.8 Å². The lowest BCUT2D eigenvalue weighted by atomic mass is 10.1. The Balaban J connectivity index is 0.00000196. The van der Waals surface area contributed by atoms with Crippen molar-refractivity contribution < 1.29 is 23.1 Å². The van der Waals surface area contributed by atoms with Crippen molar-refractivity contribution in [1.82, 2.24) is 0 Å². The highest BCUT2D eigenvalue weighted by Gasteiger charge is 2.34. The van der Waals surface area contributed by atoms with Crippen LogP contribution in [-0.2, 0) is 6.18 Å². The number of rotatable bonds is 1. The molecule has 0 spiro atoms. The summed E-state index contributed by atoms with van der Waals surface area (Å²) in [5.41, 5.74) is 2.64. The number of carbonyl (C=O) groups is 1. The summed E-state index contributed by atoms with van der Waals surface area (Å²) in [4.78, 5) is 10.5. The van der Waals surface area contributed by atoms with E-state index in [1.807, 2.05) is 0 Å². The molecule has 0 atom stereocenters. The van der Waals surface area contributed by atoms with Crippen molar-refractivity contribution in [3.63, 3.8) is 0 Å². The number of carboxylic acid groups (broad SMARTS) is 1. The third-order valence-electron chi connectivity index (χ3n) is 1.64. The molecule has 7 heteroatoms. The van der Waals surface area contributed by atoms with Crippen LogP contribution in [0.1, 0.15) is 15.9 Å². The Morgan fingerprint density at radius 3 is 2.27 bits per heavy atom. The quantitative estimate of drug-likeness (QED) is 0.742. The maximum atomic E-state index is 12.2. The number of hydrogen-bond donors (Lipinski definition) is 2. The summed E-state index contributed by atoms with van der Waals surface area (Å²) in [5.74, 6) is -1.48. The van der Waals surface area contributed by atoms with Crippen molar-refractivity contribution in [3.05, 3.63) is 29.3 Å². The van der Waals surface area contributed by atoms with Gasteiger partial charge in [0.2, 0.25) is 0 Å². The normalized spacial score (nSPS) is 10.6. The van der Waals surface area contributed by atoms with Crippen LogP contribution < -0.4 is 5.73 Å². The first-order valence-electron chi connectivity index (χ1n) is 3.53. The molecule has 0 bridgehead atoms. The highest BCUT2D eigenvalue weighted by atomic mass is 35.5. The largest absolute Gasteiger partial charge is 0.478 e. The summed E-state index contributed by atoms with van der Waals surface area (Å²) in [7, 11) is 0. The van der Waals surface area contributed by atoms with Crippen LogP contribution in [0.25, 0.3) is 0 Å². The number of nitrogens with two attached hydrogens (primary N) is 1. The van der Waals surface area contributed by atoms with Gasteiger partial charge in [-0.05, 0) is 12.1 Å². The number of carboxylic acids is 1. The first kappa shape index (κ1) is 13.6. The van der Waals surface area contributed by atoms with Crippen molar-refractivity contribution in [2.45, 2.75) is 6.18 Å². The summed E-state index contributed by atoms with van der Waals surface area (Å²) in [5, 5.41) is 8.51. The number of halogens is 4. The van der Waals surface area contributed by atoms with Crippen molar-refractivity contribution in [1.29, 1.82) is 0 Å². The lowest BCUT2D eigenvalue weighted by Gasteiger charge is -2.10. The number of nitrogen functional groups attached to an aromatic ring is 1. The van der Waals surface area contributed by atoms with Gasteiger partial charge in [-0.25, -0.2) is 4.79 Å². The lowest BCUT2D eigenvalue weighted by molar-refractivity contribution is -0.136. The van der Waals surface area contributed by atoms with Crippen molar-refractivity contribution in [2.75, 3.05) is 5.73 Å². The highest BCUT2D eigenvalue weighted by Crippen LogP contribution is 2.34. The summed E-state index contributed by atoms with van der Waals surface area (Å²) >= 11 is 0. The molecule has 0 aliphatic heterocycles. The highest BCUT2D eigenvalue weighted by molar-refractivity contribution is 5.94. The van der Waals surface area contributed by atoms with Crippen LogP contribution in [0, 0.1) is 0 Å². The van der Waals surface area contributed by atoms with Gasteiger partial charge in [-0.3, -0.25) is 0 Å². The molecule has 0 aromatic heterocycles. The monoisotopic (exact) mass is 241 g/mol. The van der Waals surface area contributed by atoms with Crippen LogP contribution in [0.4, 0.5) is 18.9 Å². The fourth-order valence-electron chi connectivity index (χ4n) is 0.999. The van der Waals surface area contributed by atoms with Gasteiger partial charge in [-0.2, -0.15) is 13.2 Å². The second-order valence-corrected chi connectivity index (χ2v) is 2.57. The summed E-state index contributed by atoms with van der Waals surface area (Å²) in [6.45, 7) is 0. The zero-order chi connectivity index (χ0) is 10.9.